The lowest BCUT2D eigenvalue weighted by molar-refractivity contribution is 0.568. The maximum absolute atomic E-state index is 11.4. The Kier molecular flexibility index (Phi) is 2.49. The van der Waals surface area contributed by atoms with Crippen LogP contribution in [0.2, 0.25) is 0 Å². The first-order valence-corrected chi connectivity index (χ1v) is 7.23. The lowest BCUT2D eigenvalue weighted by Gasteiger charge is -2.19. The zero-order valence-corrected chi connectivity index (χ0v) is 11.1. The molecule has 0 spiro atoms. The van der Waals surface area contributed by atoms with Crippen LogP contribution < -0.4 is 16.4 Å². The number of nitrogens with one attached hydrogen (secondary N) is 3. The van der Waals surface area contributed by atoms with E-state index in [1.165, 1.54) is 25.7 Å². The van der Waals surface area contributed by atoms with Crippen molar-refractivity contribution >= 4 is 16.7 Å². The van der Waals surface area contributed by atoms with E-state index in [0.29, 0.717) is 17.1 Å². The zero-order valence-electron chi connectivity index (χ0n) is 11.1. The molecule has 0 amide bonds. The molecule has 5 nitrogen and oxygen atoms in total. The molecule has 1 heterocycles. The van der Waals surface area contributed by atoms with Gasteiger partial charge in [-0.05, 0) is 55.7 Å². The van der Waals surface area contributed by atoms with Crippen molar-refractivity contribution in [3.8, 4) is 0 Å². The fraction of sp³-hybridized carbons (Fsp3) is 0.467. The molecule has 104 valence electrons. The van der Waals surface area contributed by atoms with Crippen LogP contribution in [0.5, 0.6) is 0 Å². The number of aromatic nitrogens is 2. The van der Waals surface area contributed by atoms with Crippen molar-refractivity contribution in [3.05, 3.63) is 38.9 Å². The molecule has 2 fully saturated rings. The summed E-state index contributed by atoms with van der Waals surface area (Å²) in [5, 5.41) is 3.62. The molecule has 4 rings (SSSR count). The highest BCUT2D eigenvalue weighted by Gasteiger charge is 2.41. The van der Waals surface area contributed by atoms with Crippen molar-refractivity contribution in [2.45, 2.75) is 31.7 Å². The summed E-state index contributed by atoms with van der Waals surface area (Å²) in [5.74, 6) is 1.63. The van der Waals surface area contributed by atoms with Crippen molar-refractivity contribution in [2.75, 3.05) is 5.32 Å². The largest absolute Gasteiger partial charge is 0.382 e. The van der Waals surface area contributed by atoms with Gasteiger partial charge in [-0.3, -0.25) is 9.59 Å². The molecule has 2 aliphatic rings. The summed E-state index contributed by atoms with van der Waals surface area (Å²) >= 11 is 0. The van der Waals surface area contributed by atoms with Gasteiger partial charge in [0, 0.05) is 11.7 Å². The molecule has 0 atom stereocenters. The van der Waals surface area contributed by atoms with Crippen molar-refractivity contribution in [3.63, 3.8) is 0 Å². The van der Waals surface area contributed by atoms with E-state index in [1.54, 1.807) is 0 Å². The Morgan fingerprint density at radius 3 is 2.15 bits per heavy atom. The maximum atomic E-state index is 11.4. The SMILES string of the molecule is O=c1[nH]c2ccc(NC(C3CC3)C3CC3)cc2[nH]c1=O. The highest BCUT2D eigenvalue weighted by Crippen LogP contribution is 2.45. The van der Waals surface area contributed by atoms with Crippen LogP contribution in [-0.4, -0.2) is 16.0 Å². The number of benzene rings is 1. The molecule has 20 heavy (non-hydrogen) atoms. The van der Waals surface area contributed by atoms with Gasteiger partial charge in [-0.1, -0.05) is 0 Å². The monoisotopic (exact) mass is 271 g/mol. The summed E-state index contributed by atoms with van der Waals surface area (Å²) in [4.78, 5) is 27.9. The highest BCUT2D eigenvalue weighted by atomic mass is 16.2. The van der Waals surface area contributed by atoms with E-state index in [2.05, 4.69) is 15.3 Å². The Bertz CT molecular complexity index is 757. The second kappa shape index (κ2) is 4.23. The van der Waals surface area contributed by atoms with Crippen LogP contribution in [0.4, 0.5) is 5.69 Å². The van der Waals surface area contributed by atoms with Gasteiger partial charge in [0.2, 0.25) is 0 Å². The van der Waals surface area contributed by atoms with Gasteiger partial charge in [0.1, 0.15) is 0 Å². The summed E-state index contributed by atoms with van der Waals surface area (Å²) in [5.41, 5.74) is 1.14. The van der Waals surface area contributed by atoms with Crippen molar-refractivity contribution in [1.82, 2.24) is 9.97 Å². The van der Waals surface area contributed by atoms with Gasteiger partial charge in [0.05, 0.1) is 11.0 Å². The first kappa shape index (κ1) is 11.8. The number of H-pyrrole nitrogens is 2. The molecular weight excluding hydrogens is 254 g/mol. The number of aromatic amines is 2. The van der Waals surface area contributed by atoms with E-state index in [4.69, 9.17) is 0 Å². The van der Waals surface area contributed by atoms with Crippen LogP contribution in [-0.2, 0) is 0 Å². The molecule has 5 heteroatoms. The average molecular weight is 271 g/mol. The summed E-state index contributed by atoms with van der Waals surface area (Å²) in [6, 6.07) is 6.28. The lowest BCUT2D eigenvalue weighted by atomic mass is 10.1. The van der Waals surface area contributed by atoms with Crippen LogP contribution in [0.1, 0.15) is 25.7 Å². The molecule has 2 aromatic rings. The quantitative estimate of drug-likeness (QED) is 0.742. The van der Waals surface area contributed by atoms with Gasteiger partial charge in [-0.15, -0.1) is 0 Å². The van der Waals surface area contributed by atoms with Gasteiger partial charge in [-0.2, -0.15) is 0 Å². The minimum absolute atomic E-state index is 0.571. The van der Waals surface area contributed by atoms with Crippen LogP contribution in [0.15, 0.2) is 27.8 Å². The van der Waals surface area contributed by atoms with E-state index in [1.807, 2.05) is 18.2 Å². The van der Waals surface area contributed by atoms with Gasteiger partial charge in [0.25, 0.3) is 0 Å². The van der Waals surface area contributed by atoms with Crippen LogP contribution in [0.25, 0.3) is 11.0 Å². The molecular formula is C15H17N3O2. The molecule has 2 aliphatic carbocycles. The average Bonchev–Trinajstić information content (AvgIpc) is 3.29. The van der Waals surface area contributed by atoms with Crippen molar-refractivity contribution in [2.24, 2.45) is 11.8 Å². The Balaban J connectivity index is 1.67. The Morgan fingerprint density at radius 1 is 0.950 bits per heavy atom. The van der Waals surface area contributed by atoms with Crippen molar-refractivity contribution in [1.29, 1.82) is 0 Å². The second-order valence-electron chi connectivity index (χ2n) is 6.01. The summed E-state index contributed by atoms with van der Waals surface area (Å²) in [6.45, 7) is 0. The second-order valence-corrected chi connectivity index (χ2v) is 6.01. The Morgan fingerprint density at radius 2 is 1.55 bits per heavy atom. The molecule has 2 saturated carbocycles. The predicted octanol–water partition coefficient (Wildman–Crippen LogP) is 1.82. The summed E-state index contributed by atoms with van der Waals surface area (Å²) in [6.07, 6.45) is 5.30. The van der Waals surface area contributed by atoms with E-state index in [0.717, 1.165) is 17.5 Å². The van der Waals surface area contributed by atoms with Crippen molar-refractivity contribution < 1.29 is 0 Å². The van der Waals surface area contributed by atoms with E-state index >= 15 is 0 Å². The minimum Gasteiger partial charge on any atom is -0.382 e. The van der Waals surface area contributed by atoms with E-state index in [9.17, 15) is 9.59 Å². The Labute approximate surface area is 115 Å². The summed E-state index contributed by atoms with van der Waals surface area (Å²) < 4.78 is 0. The number of hydrogen-bond acceptors (Lipinski definition) is 3. The third-order valence-corrected chi connectivity index (χ3v) is 4.32. The van der Waals surface area contributed by atoms with Gasteiger partial charge < -0.3 is 15.3 Å². The zero-order chi connectivity index (χ0) is 13.7. The molecule has 0 bridgehead atoms. The molecule has 0 unspecified atom stereocenters. The fourth-order valence-electron chi connectivity index (χ4n) is 2.93. The standard InChI is InChI=1S/C15H17N3O2/c19-14-15(20)18-12-7-10(5-6-11(12)17-14)16-13(8-1-2-8)9-3-4-9/h5-9,13,16H,1-4H2,(H,17,19)(H,18,20). The van der Waals surface area contributed by atoms with E-state index < -0.39 is 11.1 Å². The van der Waals surface area contributed by atoms with E-state index in [-0.39, 0.29) is 0 Å². The predicted molar refractivity (Wildman–Crippen MR) is 78.0 cm³/mol. The third-order valence-electron chi connectivity index (χ3n) is 4.32. The molecule has 3 N–H and O–H groups in total. The van der Waals surface area contributed by atoms with Gasteiger partial charge in [0.15, 0.2) is 0 Å². The van der Waals surface area contributed by atoms with Gasteiger partial charge >= 0.3 is 11.1 Å². The minimum atomic E-state index is -0.605. The van der Waals surface area contributed by atoms with Crippen LogP contribution in [0, 0.1) is 11.8 Å². The maximum Gasteiger partial charge on any atom is 0.314 e. The number of anilines is 1. The first-order chi connectivity index (χ1) is 9.70. The highest BCUT2D eigenvalue weighted by molar-refractivity contribution is 5.78. The molecule has 1 aromatic carbocycles. The summed E-state index contributed by atoms with van der Waals surface area (Å²) in [7, 11) is 0. The number of fused-ring (bicyclic) bond motifs is 1. The normalized spacial score (nSPS) is 18.6. The Hall–Kier alpha value is -2.04. The molecule has 1 aromatic heterocycles. The van der Waals surface area contributed by atoms with Crippen LogP contribution in [0.3, 0.4) is 0 Å². The lowest BCUT2D eigenvalue weighted by Crippen LogP contribution is -2.29. The third kappa shape index (κ3) is 2.13. The molecule has 0 saturated heterocycles. The number of rotatable bonds is 4. The molecule has 0 radical (unpaired) electrons. The molecule has 0 aliphatic heterocycles. The fourth-order valence-corrected chi connectivity index (χ4v) is 2.93. The van der Waals surface area contributed by atoms with Gasteiger partial charge in [-0.25, -0.2) is 0 Å². The smallest absolute Gasteiger partial charge is 0.314 e. The van der Waals surface area contributed by atoms with Crippen LogP contribution >= 0.6 is 0 Å². The topological polar surface area (TPSA) is 77.8 Å². The number of hydrogen-bond donors (Lipinski definition) is 3. The first-order valence-electron chi connectivity index (χ1n) is 7.23.